The Bertz CT molecular complexity index is 989. The van der Waals surface area contributed by atoms with Crippen LogP contribution < -0.4 is 20.1 Å². The van der Waals surface area contributed by atoms with E-state index in [9.17, 15) is 9.59 Å². The normalized spacial score (nSPS) is 18.9. The summed E-state index contributed by atoms with van der Waals surface area (Å²) >= 11 is 1.71. The van der Waals surface area contributed by atoms with Crippen LogP contribution in [0.1, 0.15) is 52.5 Å². The molecule has 0 saturated carbocycles. The summed E-state index contributed by atoms with van der Waals surface area (Å²) in [7, 11) is 4.83. The Morgan fingerprint density at radius 2 is 1.81 bits per heavy atom. The Kier molecular flexibility index (Phi) is 11.3. The van der Waals surface area contributed by atoms with Crippen LogP contribution >= 0.6 is 11.3 Å². The van der Waals surface area contributed by atoms with Gasteiger partial charge in [0.05, 0.1) is 19.9 Å². The van der Waals surface area contributed by atoms with Gasteiger partial charge in [0.1, 0.15) is 17.0 Å². The Labute approximate surface area is 219 Å². The van der Waals surface area contributed by atoms with E-state index in [1.165, 1.54) is 11.0 Å². The molecule has 7 nitrogen and oxygen atoms in total. The fourth-order valence-electron chi connectivity index (χ4n) is 3.94. The Balaban J connectivity index is 0.000000809. The molecule has 1 aromatic carbocycles. The van der Waals surface area contributed by atoms with Crippen molar-refractivity contribution < 1.29 is 19.1 Å². The van der Waals surface area contributed by atoms with E-state index >= 15 is 0 Å². The molecule has 3 rings (SSSR count). The summed E-state index contributed by atoms with van der Waals surface area (Å²) in [5.74, 6) is 1.09. The third-order valence-electron chi connectivity index (χ3n) is 6.58. The molecule has 0 spiro atoms. The average Bonchev–Trinajstić information content (AvgIpc) is 3.47. The predicted molar refractivity (Wildman–Crippen MR) is 149 cm³/mol. The number of unbranched alkanes of at least 4 members (excludes halogenated alkanes) is 1. The topological polar surface area (TPSA) is 79.9 Å². The zero-order valence-corrected chi connectivity index (χ0v) is 23.4. The molecule has 1 aromatic heterocycles. The largest absolute Gasteiger partial charge is 0.496 e. The summed E-state index contributed by atoms with van der Waals surface area (Å²) in [6, 6.07) is 7.69. The second-order valence-electron chi connectivity index (χ2n) is 9.38. The van der Waals surface area contributed by atoms with Crippen molar-refractivity contribution in [1.29, 1.82) is 0 Å². The van der Waals surface area contributed by atoms with Gasteiger partial charge in [0.25, 0.3) is 0 Å². The highest BCUT2D eigenvalue weighted by Crippen LogP contribution is 2.37. The molecule has 36 heavy (non-hydrogen) atoms. The molecule has 0 fully saturated rings. The van der Waals surface area contributed by atoms with Gasteiger partial charge in [0.2, 0.25) is 11.8 Å². The molecule has 2 unspecified atom stereocenters. The molecule has 8 heteroatoms. The van der Waals surface area contributed by atoms with E-state index in [1.54, 1.807) is 57.7 Å². The zero-order chi connectivity index (χ0) is 26.7. The fraction of sp³-hybridized carbons (Fsp3) is 0.500. The molecule has 0 aliphatic carbocycles. The highest BCUT2D eigenvalue weighted by Gasteiger charge is 2.41. The maximum Gasteiger partial charge on any atom is 0.247 e. The van der Waals surface area contributed by atoms with Gasteiger partial charge < -0.3 is 25.0 Å². The lowest BCUT2D eigenvalue weighted by molar-refractivity contribution is -0.141. The summed E-state index contributed by atoms with van der Waals surface area (Å²) in [5, 5.41) is 10.6. The van der Waals surface area contributed by atoms with Gasteiger partial charge in [0.15, 0.2) is 0 Å². The number of hydrogen-bond donors (Lipinski definition) is 2. The first-order chi connectivity index (χ1) is 17.2. The van der Waals surface area contributed by atoms with E-state index in [1.807, 2.05) is 22.9 Å². The van der Waals surface area contributed by atoms with Crippen molar-refractivity contribution in [1.82, 2.24) is 10.2 Å². The van der Waals surface area contributed by atoms with Crippen molar-refractivity contribution in [3.05, 3.63) is 46.7 Å². The molecule has 0 saturated heterocycles. The number of likely N-dealkylation sites (N-methyl/N-ethyl adjacent to an activating group) is 1. The van der Waals surface area contributed by atoms with E-state index in [4.69, 9.17) is 9.47 Å². The van der Waals surface area contributed by atoms with Crippen LogP contribution in [0.5, 0.6) is 11.5 Å². The van der Waals surface area contributed by atoms with E-state index in [2.05, 4.69) is 31.4 Å². The summed E-state index contributed by atoms with van der Waals surface area (Å²) in [6.45, 7) is 8.36. The standard InChI is InChI=1S/C24H37N3O4.C4H4S/c1-8-9-10-18(16(2)3)26-23(29)24(4)15-25-22-17(11-14-21(28)27(24)5)19(30-6)12-13-20(22)31-7;1-2-4-5-3-1/h11-14,16,18,25H,8-10,15H2,1-7H3,(H,26,29);1-4H/b14-11+;. The number of nitrogens with one attached hydrogen (secondary N) is 2. The number of amides is 2. The minimum absolute atomic E-state index is 0.0536. The highest BCUT2D eigenvalue weighted by atomic mass is 32.1. The van der Waals surface area contributed by atoms with Crippen LogP contribution in [0, 0.1) is 5.92 Å². The number of fused-ring (bicyclic) bond motifs is 1. The molecular weight excluding hydrogens is 474 g/mol. The number of carbonyl (C=O) groups is 2. The number of thiophene rings is 1. The van der Waals surface area contributed by atoms with Gasteiger partial charge in [-0.05, 0) is 48.2 Å². The van der Waals surface area contributed by atoms with Crippen molar-refractivity contribution in [2.45, 2.75) is 58.5 Å². The minimum Gasteiger partial charge on any atom is -0.496 e. The Hall–Kier alpha value is -3.00. The zero-order valence-electron chi connectivity index (χ0n) is 22.6. The van der Waals surface area contributed by atoms with Crippen molar-refractivity contribution in [2.75, 3.05) is 33.1 Å². The molecule has 198 valence electrons. The smallest absolute Gasteiger partial charge is 0.247 e. The number of carbonyl (C=O) groups excluding carboxylic acids is 2. The number of nitrogens with zero attached hydrogens (tertiary/aromatic N) is 1. The lowest BCUT2D eigenvalue weighted by atomic mass is 9.94. The molecule has 2 aromatic rings. The second kappa shape index (κ2) is 13.9. The third-order valence-corrected chi connectivity index (χ3v) is 7.21. The maximum atomic E-state index is 13.5. The van der Waals surface area contributed by atoms with Gasteiger partial charge >= 0.3 is 0 Å². The fourth-order valence-corrected chi connectivity index (χ4v) is 4.40. The SMILES string of the molecule is CCCCC(NC(=O)C1(C)CNc2c(OC)ccc(OC)c2/C=C/C(=O)N1C)C(C)C.c1ccsc1. The number of ether oxygens (including phenoxy) is 2. The van der Waals surface area contributed by atoms with Crippen molar-refractivity contribution >= 4 is 34.9 Å². The summed E-state index contributed by atoms with van der Waals surface area (Å²) in [5.41, 5.74) is 0.291. The first kappa shape index (κ1) is 29.2. The lowest BCUT2D eigenvalue weighted by Crippen LogP contribution is -2.62. The third kappa shape index (κ3) is 7.26. The molecule has 0 bridgehead atoms. The summed E-state index contributed by atoms with van der Waals surface area (Å²) in [4.78, 5) is 27.9. The highest BCUT2D eigenvalue weighted by molar-refractivity contribution is 7.07. The number of methoxy groups -OCH3 is 2. The van der Waals surface area contributed by atoms with E-state index in [0.29, 0.717) is 28.7 Å². The second-order valence-corrected chi connectivity index (χ2v) is 10.2. The molecular formula is C28H41N3O4S. The van der Waals surface area contributed by atoms with Crippen LogP contribution in [0.25, 0.3) is 6.08 Å². The average molecular weight is 516 g/mol. The van der Waals surface area contributed by atoms with Crippen LogP contribution in [0.4, 0.5) is 5.69 Å². The molecule has 1 aliphatic rings. The lowest BCUT2D eigenvalue weighted by Gasteiger charge is -2.39. The molecule has 2 atom stereocenters. The Morgan fingerprint density at radius 1 is 1.17 bits per heavy atom. The van der Waals surface area contributed by atoms with Gasteiger partial charge in [-0.1, -0.05) is 45.7 Å². The molecule has 2 N–H and O–H groups in total. The van der Waals surface area contributed by atoms with Crippen LogP contribution in [-0.2, 0) is 9.59 Å². The quantitative estimate of drug-likeness (QED) is 0.489. The van der Waals surface area contributed by atoms with Crippen LogP contribution in [0.3, 0.4) is 0 Å². The molecule has 1 aliphatic heterocycles. The van der Waals surface area contributed by atoms with E-state index in [-0.39, 0.29) is 24.4 Å². The van der Waals surface area contributed by atoms with Gasteiger partial charge in [-0.15, -0.1) is 0 Å². The maximum absolute atomic E-state index is 13.5. The van der Waals surface area contributed by atoms with E-state index in [0.717, 1.165) is 19.3 Å². The summed E-state index contributed by atoms with van der Waals surface area (Å²) in [6.07, 6.45) is 6.19. The van der Waals surface area contributed by atoms with Crippen molar-refractivity contribution in [2.24, 2.45) is 5.92 Å². The van der Waals surface area contributed by atoms with Crippen LogP contribution in [0.2, 0.25) is 0 Å². The van der Waals surface area contributed by atoms with Gasteiger partial charge in [-0.3, -0.25) is 9.59 Å². The monoisotopic (exact) mass is 515 g/mol. The summed E-state index contributed by atoms with van der Waals surface area (Å²) < 4.78 is 11.0. The van der Waals surface area contributed by atoms with Crippen molar-refractivity contribution in [3.63, 3.8) is 0 Å². The Morgan fingerprint density at radius 3 is 2.33 bits per heavy atom. The predicted octanol–water partition coefficient (Wildman–Crippen LogP) is 5.44. The van der Waals surface area contributed by atoms with Gasteiger partial charge in [-0.25, -0.2) is 0 Å². The van der Waals surface area contributed by atoms with E-state index < -0.39 is 5.54 Å². The number of hydrogen-bond acceptors (Lipinski definition) is 6. The first-order valence-electron chi connectivity index (χ1n) is 12.4. The minimum atomic E-state index is -1.10. The van der Waals surface area contributed by atoms with Gasteiger partial charge in [0, 0.05) is 31.3 Å². The number of rotatable bonds is 8. The number of anilines is 1. The van der Waals surface area contributed by atoms with Crippen molar-refractivity contribution in [3.8, 4) is 11.5 Å². The molecule has 2 amide bonds. The first-order valence-corrected chi connectivity index (χ1v) is 13.4. The van der Waals surface area contributed by atoms with Crippen LogP contribution in [-0.4, -0.2) is 56.1 Å². The molecule has 0 radical (unpaired) electrons. The van der Waals surface area contributed by atoms with Gasteiger partial charge in [-0.2, -0.15) is 11.3 Å². The number of benzene rings is 1. The molecule has 2 heterocycles. The van der Waals surface area contributed by atoms with Crippen LogP contribution in [0.15, 0.2) is 41.1 Å².